The molecule has 1 saturated heterocycles. The van der Waals surface area contributed by atoms with Crippen LogP contribution in [-0.2, 0) is 0 Å². The molecule has 126 valence electrons. The number of halogens is 1. The highest BCUT2D eigenvalue weighted by Crippen LogP contribution is 2.52. The minimum absolute atomic E-state index is 0.0869. The van der Waals surface area contributed by atoms with E-state index in [4.69, 9.17) is 11.6 Å². The molecule has 1 aliphatic heterocycles. The van der Waals surface area contributed by atoms with Crippen molar-refractivity contribution in [2.24, 2.45) is 10.8 Å². The Morgan fingerprint density at radius 3 is 2.65 bits per heavy atom. The lowest BCUT2D eigenvalue weighted by molar-refractivity contribution is 0.0708. The van der Waals surface area contributed by atoms with E-state index in [2.05, 4.69) is 30.7 Å². The smallest absolute Gasteiger partial charge is 0.254 e. The monoisotopic (exact) mass is 335 g/mol. The van der Waals surface area contributed by atoms with Crippen LogP contribution < -0.4 is 4.90 Å². The molecule has 2 atom stereocenters. The second-order valence-corrected chi connectivity index (χ2v) is 8.97. The average Bonchev–Trinajstić information content (AvgIpc) is 2.66. The molecule has 1 aliphatic carbocycles. The molecule has 0 spiro atoms. The molecule has 2 bridgehead atoms. The second-order valence-electron chi connectivity index (χ2n) is 8.58. The Hall–Kier alpha value is -1.29. The summed E-state index contributed by atoms with van der Waals surface area (Å²) in [5, 5.41) is 0.369. The molecular weight excluding hydrogens is 310 g/mol. The van der Waals surface area contributed by atoms with Gasteiger partial charge in [-0.15, -0.1) is 0 Å². The molecule has 2 heterocycles. The minimum atomic E-state index is 0.0869. The van der Waals surface area contributed by atoms with Crippen LogP contribution >= 0.6 is 11.6 Å². The molecule has 0 aromatic carbocycles. The number of pyridine rings is 1. The van der Waals surface area contributed by atoms with Gasteiger partial charge in [-0.25, -0.2) is 4.98 Å². The van der Waals surface area contributed by atoms with E-state index in [1.165, 1.54) is 6.42 Å². The number of rotatable bonds is 2. The molecule has 3 rings (SSSR count). The van der Waals surface area contributed by atoms with Crippen LogP contribution in [-0.4, -0.2) is 42.5 Å². The van der Waals surface area contributed by atoms with Crippen LogP contribution in [0.25, 0.3) is 0 Å². The molecule has 2 unspecified atom stereocenters. The highest BCUT2D eigenvalue weighted by Gasteiger charge is 2.51. The SMILES string of the molecule is CN(C)c1cc(C(=O)N2CC3(C)CC2CC(C)(C)C3)cc(Cl)n1. The van der Waals surface area contributed by atoms with E-state index in [0.717, 1.165) is 25.2 Å². The third-order valence-corrected chi connectivity index (χ3v) is 5.36. The first-order chi connectivity index (χ1) is 10.6. The van der Waals surface area contributed by atoms with Crippen LogP contribution in [0.4, 0.5) is 5.82 Å². The molecule has 1 amide bonds. The molecule has 23 heavy (non-hydrogen) atoms. The molecule has 4 nitrogen and oxygen atoms in total. The second kappa shape index (κ2) is 5.37. The van der Waals surface area contributed by atoms with Gasteiger partial charge in [-0.2, -0.15) is 0 Å². The molecule has 1 aromatic rings. The number of hydrogen-bond acceptors (Lipinski definition) is 3. The Labute approximate surface area is 143 Å². The number of carbonyl (C=O) groups excluding carboxylic acids is 1. The first-order valence-electron chi connectivity index (χ1n) is 8.25. The molecule has 1 aromatic heterocycles. The van der Waals surface area contributed by atoms with Crippen molar-refractivity contribution in [3.63, 3.8) is 0 Å². The van der Waals surface area contributed by atoms with Crippen molar-refractivity contribution in [1.82, 2.24) is 9.88 Å². The maximum Gasteiger partial charge on any atom is 0.254 e. The first kappa shape index (κ1) is 16.6. The van der Waals surface area contributed by atoms with Crippen LogP contribution in [0.5, 0.6) is 0 Å². The lowest BCUT2D eigenvalue weighted by Gasteiger charge is -2.39. The number of likely N-dealkylation sites (tertiary alicyclic amines) is 1. The van der Waals surface area contributed by atoms with Crippen LogP contribution in [0.1, 0.15) is 50.4 Å². The zero-order chi connectivity index (χ0) is 17.0. The molecule has 0 N–H and O–H groups in total. The molecule has 2 aliphatic rings. The highest BCUT2D eigenvalue weighted by molar-refractivity contribution is 6.29. The summed E-state index contributed by atoms with van der Waals surface area (Å²) < 4.78 is 0. The van der Waals surface area contributed by atoms with Crippen molar-refractivity contribution in [1.29, 1.82) is 0 Å². The van der Waals surface area contributed by atoms with E-state index in [-0.39, 0.29) is 11.3 Å². The fourth-order valence-electron chi connectivity index (χ4n) is 4.70. The van der Waals surface area contributed by atoms with Gasteiger partial charge in [0.05, 0.1) is 0 Å². The maximum atomic E-state index is 13.1. The Morgan fingerprint density at radius 2 is 2.00 bits per heavy atom. The standard InChI is InChI=1S/C18H26ClN3O/c1-17(2)8-13-9-18(3,10-17)11-22(13)16(23)12-6-14(19)20-15(7-12)21(4)5/h6-7,13H,8-11H2,1-5H3. The summed E-state index contributed by atoms with van der Waals surface area (Å²) in [6.07, 6.45) is 3.37. The van der Waals surface area contributed by atoms with Gasteiger partial charge in [-0.3, -0.25) is 4.79 Å². The summed E-state index contributed by atoms with van der Waals surface area (Å²) in [5.74, 6) is 0.804. The molecule has 2 fully saturated rings. The van der Waals surface area contributed by atoms with Gasteiger partial charge in [0.2, 0.25) is 0 Å². The number of hydrogen-bond donors (Lipinski definition) is 0. The van der Waals surface area contributed by atoms with Gasteiger partial charge in [0.1, 0.15) is 11.0 Å². The van der Waals surface area contributed by atoms with Gasteiger partial charge in [-0.05, 0) is 42.2 Å². The van der Waals surface area contributed by atoms with E-state index in [0.29, 0.717) is 22.2 Å². The van der Waals surface area contributed by atoms with Crippen molar-refractivity contribution in [3.05, 3.63) is 22.8 Å². The van der Waals surface area contributed by atoms with E-state index < -0.39 is 0 Å². The molecular formula is C18H26ClN3O. The fraction of sp³-hybridized carbons (Fsp3) is 0.667. The Kier molecular flexibility index (Phi) is 3.87. The summed E-state index contributed by atoms with van der Waals surface area (Å²) >= 11 is 6.12. The van der Waals surface area contributed by atoms with Crippen molar-refractivity contribution >= 4 is 23.3 Å². The number of fused-ring (bicyclic) bond motifs is 2. The normalized spacial score (nSPS) is 28.8. The molecule has 1 saturated carbocycles. The maximum absolute atomic E-state index is 13.1. The van der Waals surface area contributed by atoms with Gasteiger partial charge < -0.3 is 9.80 Å². The fourth-order valence-corrected chi connectivity index (χ4v) is 4.90. The Bertz CT molecular complexity index is 643. The van der Waals surface area contributed by atoms with E-state index in [1.54, 1.807) is 6.07 Å². The lowest BCUT2D eigenvalue weighted by Crippen LogP contribution is -2.37. The topological polar surface area (TPSA) is 36.4 Å². The predicted molar refractivity (Wildman–Crippen MR) is 94.1 cm³/mol. The van der Waals surface area contributed by atoms with Gasteiger partial charge >= 0.3 is 0 Å². The van der Waals surface area contributed by atoms with Crippen LogP contribution in [0, 0.1) is 10.8 Å². The summed E-state index contributed by atoms with van der Waals surface area (Å²) in [5.41, 5.74) is 1.18. The summed E-state index contributed by atoms with van der Waals surface area (Å²) in [4.78, 5) is 21.3. The number of amides is 1. The van der Waals surface area contributed by atoms with E-state index in [9.17, 15) is 4.79 Å². The third kappa shape index (κ3) is 3.18. The zero-order valence-corrected chi connectivity index (χ0v) is 15.4. The largest absolute Gasteiger partial charge is 0.363 e. The van der Waals surface area contributed by atoms with Crippen molar-refractivity contribution < 1.29 is 4.79 Å². The Morgan fingerprint density at radius 1 is 1.30 bits per heavy atom. The van der Waals surface area contributed by atoms with E-state index in [1.807, 2.05) is 25.1 Å². The average molecular weight is 336 g/mol. The van der Waals surface area contributed by atoms with Crippen LogP contribution in [0.2, 0.25) is 5.15 Å². The minimum Gasteiger partial charge on any atom is -0.363 e. The Balaban J connectivity index is 1.90. The van der Waals surface area contributed by atoms with E-state index >= 15 is 0 Å². The summed E-state index contributed by atoms with van der Waals surface area (Å²) in [7, 11) is 3.80. The van der Waals surface area contributed by atoms with Gasteiger partial charge in [0.25, 0.3) is 5.91 Å². The van der Waals surface area contributed by atoms with Gasteiger partial charge in [0, 0.05) is 32.2 Å². The number of anilines is 1. The highest BCUT2D eigenvalue weighted by atomic mass is 35.5. The number of nitrogens with zero attached hydrogens (tertiary/aromatic N) is 3. The zero-order valence-electron chi connectivity index (χ0n) is 14.7. The predicted octanol–water partition coefficient (Wildman–Crippen LogP) is 3.84. The quantitative estimate of drug-likeness (QED) is 0.770. The van der Waals surface area contributed by atoms with Gasteiger partial charge in [-0.1, -0.05) is 32.4 Å². The molecule has 0 radical (unpaired) electrons. The summed E-state index contributed by atoms with van der Waals surface area (Å²) in [6.45, 7) is 7.80. The van der Waals surface area contributed by atoms with Crippen molar-refractivity contribution in [2.45, 2.75) is 46.1 Å². The number of carbonyl (C=O) groups is 1. The van der Waals surface area contributed by atoms with Crippen molar-refractivity contribution in [3.8, 4) is 0 Å². The van der Waals surface area contributed by atoms with Gasteiger partial charge in [0.15, 0.2) is 0 Å². The third-order valence-electron chi connectivity index (χ3n) is 5.16. The van der Waals surface area contributed by atoms with Crippen LogP contribution in [0.15, 0.2) is 12.1 Å². The molecule has 5 heteroatoms. The number of aromatic nitrogens is 1. The summed E-state index contributed by atoms with van der Waals surface area (Å²) in [6, 6.07) is 3.86. The first-order valence-corrected chi connectivity index (χ1v) is 8.62. The van der Waals surface area contributed by atoms with Crippen molar-refractivity contribution in [2.75, 3.05) is 25.5 Å². The van der Waals surface area contributed by atoms with Crippen LogP contribution in [0.3, 0.4) is 0 Å². The lowest BCUT2D eigenvalue weighted by atomic mass is 9.65.